The highest BCUT2D eigenvalue weighted by molar-refractivity contribution is 5.76. The molecule has 3 nitrogen and oxygen atoms in total. The lowest BCUT2D eigenvalue weighted by Gasteiger charge is -2.39. The van der Waals surface area contributed by atoms with Crippen molar-refractivity contribution >= 4 is 5.97 Å². The topological polar surface area (TPSA) is 38.3 Å². The van der Waals surface area contributed by atoms with Crippen molar-refractivity contribution < 1.29 is 9.53 Å². The summed E-state index contributed by atoms with van der Waals surface area (Å²) in [5, 5.41) is 3.63. The minimum atomic E-state index is -0.694. The number of benzene rings is 3. The molecule has 0 aliphatic heterocycles. The second-order valence-corrected chi connectivity index (χ2v) is 8.25. The Labute approximate surface area is 173 Å². The van der Waals surface area contributed by atoms with Crippen molar-refractivity contribution in [2.24, 2.45) is 0 Å². The number of ether oxygens (including phenoxy) is 1. The first-order valence-corrected chi connectivity index (χ1v) is 10.00. The molecule has 0 saturated heterocycles. The number of nitrogens with one attached hydrogen (secondary N) is 1. The highest BCUT2D eigenvalue weighted by atomic mass is 16.6. The number of carbonyl (C=O) groups excluding carboxylic acids is 1. The predicted molar refractivity (Wildman–Crippen MR) is 118 cm³/mol. The molecule has 0 spiro atoms. The van der Waals surface area contributed by atoms with E-state index in [1.807, 2.05) is 82.3 Å². The van der Waals surface area contributed by atoms with Gasteiger partial charge in [-0.2, -0.15) is 0 Å². The lowest BCUT2D eigenvalue weighted by Crippen LogP contribution is -2.52. The summed E-state index contributed by atoms with van der Waals surface area (Å²) in [5.74, 6) is -0.273. The summed E-state index contributed by atoms with van der Waals surface area (Å²) in [6, 6.07) is 30.2. The Hall–Kier alpha value is -2.91. The van der Waals surface area contributed by atoms with E-state index in [0.717, 1.165) is 16.7 Å². The molecule has 0 unspecified atom stereocenters. The number of hydrogen-bond donors (Lipinski definition) is 1. The molecule has 3 aromatic rings. The fourth-order valence-electron chi connectivity index (χ4n) is 3.59. The van der Waals surface area contributed by atoms with E-state index in [-0.39, 0.29) is 5.97 Å². The van der Waals surface area contributed by atoms with Crippen LogP contribution in [0.1, 0.15) is 44.4 Å². The van der Waals surface area contributed by atoms with Crippen molar-refractivity contribution in [2.45, 2.75) is 44.9 Å². The van der Waals surface area contributed by atoms with Crippen LogP contribution in [-0.2, 0) is 15.1 Å². The SMILES string of the molecule is C[C@H](NC(c1ccccc1)(c1ccccc1)c1ccccc1)C(=O)OC(C)(C)C. The molecular formula is C26H29NO2. The van der Waals surface area contributed by atoms with E-state index in [1.54, 1.807) is 0 Å². The Morgan fingerprint density at radius 2 is 1.07 bits per heavy atom. The van der Waals surface area contributed by atoms with Crippen molar-refractivity contribution in [3.8, 4) is 0 Å². The van der Waals surface area contributed by atoms with Crippen molar-refractivity contribution in [3.05, 3.63) is 108 Å². The van der Waals surface area contributed by atoms with E-state index in [2.05, 4.69) is 41.7 Å². The summed E-state index contributed by atoms with van der Waals surface area (Å²) < 4.78 is 5.65. The summed E-state index contributed by atoms with van der Waals surface area (Å²) in [7, 11) is 0. The Morgan fingerprint density at radius 1 is 0.724 bits per heavy atom. The van der Waals surface area contributed by atoms with Gasteiger partial charge < -0.3 is 4.74 Å². The van der Waals surface area contributed by atoms with Gasteiger partial charge in [0.05, 0.1) is 5.54 Å². The zero-order valence-electron chi connectivity index (χ0n) is 17.6. The van der Waals surface area contributed by atoms with Crippen LogP contribution in [0.3, 0.4) is 0 Å². The quantitative estimate of drug-likeness (QED) is 0.461. The minimum Gasteiger partial charge on any atom is -0.459 e. The monoisotopic (exact) mass is 387 g/mol. The second-order valence-electron chi connectivity index (χ2n) is 8.25. The first kappa shape index (κ1) is 20.8. The van der Waals surface area contributed by atoms with Gasteiger partial charge in [0, 0.05) is 0 Å². The third kappa shape index (κ3) is 4.75. The van der Waals surface area contributed by atoms with E-state index in [4.69, 9.17) is 4.74 Å². The van der Waals surface area contributed by atoms with E-state index < -0.39 is 17.2 Å². The van der Waals surface area contributed by atoms with Gasteiger partial charge in [-0.3, -0.25) is 10.1 Å². The number of carbonyl (C=O) groups is 1. The van der Waals surface area contributed by atoms with E-state index in [9.17, 15) is 4.79 Å². The average molecular weight is 388 g/mol. The first-order valence-electron chi connectivity index (χ1n) is 10.00. The molecule has 0 saturated carbocycles. The van der Waals surface area contributed by atoms with Crippen LogP contribution in [0.5, 0.6) is 0 Å². The molecule has 0 aromatic heterocycles. The molecule has 0 fully saturated rings. The van der Waals surface area contributed by atoms with Crippen LogP contribution < -0.4 is 5.32 Å². The Bertz CT molecular complexity index is 819. The van der Waals surface area contributed by atoms with Crippen LogP contribution in [0.4, 0.5) is 0 Å². The number of esters is 1. The predicted octanol–water partition coefficient (Wildman–Crippen LogP) is 5.30. The molecule has 150 valence electrons. The van der Waals surface area contributed by atoms with Crippen molar-refractivity contribution in [3.63, 3.8) is 0 Å². The largest absolute Gasteiger partial charge is 0.459 e. The van der Waals surface area contributed by atoms with Gasteiger partial charge in [-0.15, -0.1) is 0 Å². The Kier molecular flexibility index (Phi) is 6.19. The maximum atomic E-state index is 12.8. The molecule has 0 aliphatic rings. The zero-order chi connectivity index (χ0) is 20.9. The van der Waals surface area contributed by atoms with Crippen LogP contribution in [-0.4, -0.2) is 17.6 Å². The Balaban J connectivity index is 2.16. The van der Waals surface area contributed by atoms with Gasteiger partial charge in [0.1, 0.15) is 11.6 Å². The highest BCUT2D eigenvalue weighted by Crippen LogP contribution is 2.37. The summed E-state index contributed by atoms with van der Waals surface area (Å²) >= 11 is 0. The third-order valence-corrected chi connectivity index (χ3v) is 4.81. The maximum Gasteiger partial charge on any atom is 0.323 e. The van der Waals surface area contributed by atoms with E-state index in [0.29, 0.717) is 0 Å². The molecule has 1 N–H and O–H groups in total. The van der Waals surface area contributed by atoms with Gasteiger partial charge in [0.15, 0.2) is 0 Å². The molecule has 1 atom stereocenters. The van der Waals surface area contributed by atoms with E-state index in [1.165, 1.54) is 0 Å². The van der Waals surface area contributed by atoms with Crippen molar-refractivity contribution in [1.82, 2.24) is 5.32 Å². The summed E-state index contributed by atoms with van der Waals surface area (Å²) in [4.78, 5) is 12.8. The zero-order valence-corrected chi connectivity index (χ0v) is 17.6. The van der Waals surface area contributed by atoms with Gasteiger partial charge in [0.2, 0.25) is 0 Å². The first-order chi connectivity index (χ1) is 13.8. The molecule has 29 heavy (non-hydrogen) atoms. The highest BCUT2D eigenvalue weighted by Gasteiger charge is 2.39. The summed E-state index contributed by atoms with van der Waals surface area (Å²) in [5.41, 5.74) is 1.95. The molecule has 3 heteroatoms. The third-order valence-electron chi connectivity index (χ3n) is 4.81. The normalized spacial score (nSPS) is 13.0. The van der Waals surface area contributed by atoms with Gasteiger partial charge in [0.25, 0.3) is 0 Å². The lowest BCUT2D eigenvalue weighted by molar-refractivity contribution is -0.157. The molecule has 0 radical (unpaired) electrons. The molecule has 0 amide bonds. The van der Waals surface area contributed by atoms with Gasteiger partial charge in [-0.1, -0.05) is 91.0 Å². The molecular weight excluding hydrogens is 358 g/mol. The molecule has 3 aromatic carbocycles. The number of hydrogen-bond acceptors (Lipinski definition) is 3. The molecule has 3 rings (SSSR count). The fraction of sp³-hybridized carbons (Fsp3) is 0.269. The van der Waals surface area contributed by atoms with Gasteiger partial charge in [-0.25, -0.2) is 0 Å². The maximum absolute atomic E-state index is 12.8. The molecule has 0 aliphatic carbocycles. The fourth-order valence-corrected chi connectivity index (χ4v) is 3.59. The number of rotatable bonds is 6. The average Bonchev–Trinajstić information content (AvgIpc) is 2.72. The van der Waals surface area contributed by atoms with Crippen LogP contribution in [0.2, 0.25) is 0 Å². The van der Waals surface area contributed by atoms with Crippen LogP contribution in [0.25, 0.3) is 0 Å². The smallest absolute Gasteiger partial charge is 0.323 e. The van der Waals surface area contributed by atoms with Gasteiger partial charge in [-0.05, 0) is 44.4 Å². The second kappa shape index (κ2) is 8.62. The van der Waals surface area contributed by atoms with Crippen molar-refractivity contribution in [1.29, 1.82) is 0 Å². The minimum absolute atomic E-state index is 0.273. The van der Waals surface area contributed by atoms with Crippen molar-refractivity contribution in [2.75, 3.05) is 0 Å². The van der Waals surface area contributed by atoms with Crippen LogP contribution in [0.15, 0.2) is 91.0 Å². The summed E-state index contributed by atoms with van der Waals surface area (Å²) in [6.45, 7) is 7.51. The lowest BCUT2D eigenvalue weighted by atomic mass is 9.76. The van der Waals surface area contributed by atoms with Crippen LogP contribution >= 0.6 is 0 Å². The van der Waals surface area contributed by atoms with Gasteiger partial charge >= 0.3 is 5.97 Å². The van der Waals surface area contributed by atoms with Crippen LogP contribution in [0, 0.1) is 0 Å². The Morgan fingerprint density at radius 3 is 1.38 bits per heavy atom. The standard InChI is InChI=1S/C26H29NO2/c1-20(24(28)29-25(2,3)4)27-26(21-14-8-5-9-15-21,22-16-10-6-11-17-22)23-18-12-7-13-19-23/h5-20,27H,1-4H3/t20-/m0/s1. The molecule has 0 bridgehead atoms. The summed E-state index contributed by atoms with van der Waals surface area (Å²) in [6.07, 6.45) is 0. The molecule has 0 heterocycles. The van der Waals surface area contributed by atoms with E-state index >= 15 is 0 Å².